The largest absolute Gasteiger partial charge is 0.461 e. The van der Waals surface area contributed by atoms with Crippen molar-refractivity contribution >= 4 is 27.5 Å². The first kappa shape index (κ1) is 13.7. The van der Waals surface area contributed by atoms with E-state index in [1.165, 1.54) is 0 Å². The molecule has 0 radical (unpaired) electrons. The van der Waals surface area contributed by atoms with Crippen molar-refractivity contribution < 1.29 is 4.42 Å². The number of likely N-dealkylation sites (N-methyl/N-ethyl adjacent to an activating group) is 1. The van der Waals surface area contributed by atoms with Gasteiger partial charge in [0.1, 0.15) is 11.5 Å². The molecule has 18 heavy (non-hydrogen) atoms. The highest BCUT2D eigenvalue weighted by molar-refractivity contribution is 9.10. The fourth-order valence-corrected chi connectivity index (χ4v) is 2.12. The van der Waals surface area contributed by atoms with Crippen LogP contribution in [0, 0.1) is 0 Å². The normalized spacial score (nSPS) is 12.7. The molecule has 0 spiro atoms. The summed E-state index contributed by atoms with van der Waals surface area (Å²) in [7, 11) is 1.95. The number of nitrogens with one attached hydrogen (secondary N) is 1. The predicted octanol–water partition coefficient (Wildman–Crippen LogP) is 4.51. The zero-order valence-electron chi connectivity index (χ0n) is 10.3. The third-order valence-corrected chi connectivity index (χ3v) is 4.10. The molecule has 1 aromatic carbocycles. The lowest BCUT2D eigenvalue weighted by molar-refractivity contribution is 0.481. The zero-order valence-corrected chi connectivity index (χ0v) is 12.7. The molecule has 96 valence electrons. The second-order valence-corrected chi connectivity index (χ2v) is 5.55. The summed E-state index contributed by atoms with van der Waals surface area (Å²) in [6.07, 6.45) is 0.876. The Bertz CT molecular complexity index is 538. The van der Waals surface area contributed by atoms with E-state index in [0.717, 1.165) is 28.0 Å². The van der Waals surface area contributed by atoms with Gasteiger partial charge in [-0.1, -0.05) is 17.7 Å². The van der Waals surface area contributed by atoms with Crippen LogP contribution >= 0.6 is 27.5 Å². The molecule has 1 heterocycles. The molecule has 2 aromatic rings. The van der Waals surface area contributed by atoms with Crippen LogP contribution in [-0.2, 0) is 6.42 Å². The minimum atomic E-state index is 0.400. The Morgan fingerprint density at radius 1 is 1.33 bits per heavy atom. The van der Waals surface area contributed by atoms with Gasteiger partial charge in [-0.3, -0.25) is 0 Å². The standard InChI is InChI=1S/C14H15BrClNO/c1-9(17-2)7-11-4-6-14(18-11)10-3-5-12(15)13(16)8-10/h3-6,8-9,17H,7H2,1-2H3. The minimum absolute atomic E-state index is 0.400. The quantitative estimate of drug-likeness (QED) is 0.893. The predicted molar refractivity (Wildman–Crippen MR) is 79.1 cm³/mol. The maximum absolute atomic E-state index is 6.08. The summed E-state index contributed by atoms with van der Waals surface area (Å²) < 4.78 is 6.72. The Morgan fingerprint density at radius 2 is 2.11 bits per heavy atom. The van der Waals surface area contributed by atoms with Gasteiger partial charge < -0.3 is 9.73 Å². The third kappa shape index (κ3) is 3.16. The van der Waals surface area contributed by atoms with Crippen LogP contribution in [0.5, 0.6) is 0 Å². The van der Waals surface area contributed by atoms with Crippen LogP contribution < -0.4 is 5.32 Å². The molecule has 0 amide bonds. The molecule has 2 rings (SSSR count). The molecule has 1 N–H and O–H groups in total. The summed E-state index contributed by atoms with van der Waals surface area (Å²) in [6.45, 7) is 2.12. The SMILES string of the molecule is CNC(C)Cc1ccc(-c2ccc(Br)c(Cl)c2)o1. The van der Waals surface area contributed by atoms with Crippen LogP contribution in [0.2, 0.25) is 5.02 Å². The molecule has 0 aliphatic heterocycles. The lowest BCUT2D eigenvalue weighted by Crippen LogP contribution is -2.23. The smallest absolute Gasteiger partial charge is 0.134 e. The van der Waals surface area contributed by atoms with Crippen LogP contribution in [0.1, 0.15) is 12.7 Å². The molecule has 2 nitrogen and oxygen atoms in total. The van der Waals surface area contributed by atoms with E-state index < -0.39 is 0 Å². The third-order valence-electron chi connectivity index (χ3n) is 2.87. The number of hydrogen-bond acceptors (Lipinski definition) is 2. The van der Waals surface area contributed by atoms with Crippen LogP contribution in [0.25, 0.3) is 11.3 Å². The lowest BCUT2D eigenvalue weighted by Gasteiger charge is -2.06. The van der Waals surface area contributed by atoms with Gasteiger partial charge in [-0.25, -0.2) is 0 Å². The van der Waals surface area contributed by atoms with E-state index in [-0.39, 0.29) is 0 Å². The first-order chi connectivity index (χ1) is 8.60. The Balaban J connectivity index is 2.21. The van der Waals surface area contributed by atoms with Crippen molar-refractivity contribution in [1.29, 1.82) is 0 Å². The summed E-state index contributed by atoms with van der Waals surface area (Å²) in [6, 6.07) is 10.2. The second kappa shape index (κ2) is 5.91. The van der Waals surface area contributed by atoms with Gasteiger partial charge in [-0.15, -0.1) is 0 Å². The Kier molecular flexibility index (Phi) is 4.49. The fraction of sp³-hybridized carbons (Fsp3) is 0.286. The molecular formula is C14H15BrClNO. The maximum Gasteiger partial charge on any atom is 0.134 e. The van der Waals surface area contributed by atoms with Gasteiger partial charge in [-0.2, -0.15) is 0 Å². The molecule has 0 aliphatic rings. The van der Waals surface area contributed by atoms with Crippen LogP contribution in [0.4, 0.5) is 0 Å². The minimum Gasteiger partial charge on any atom is -0.461 e. The van der Waals surface area contributed by atoms with Gasteiger partial charge in [0, 0.05) is 22.5 Å². The van der Waals surface area contributed by atoms with Crippen molar-refractivity contribution in [1.82, 2.24) is 5.32 Å². The molecule has 0 aliphatic carbocycles. The van der Waals surface area contributed by atoms with Crippen molar-refractivity contribution in [3.63, 3.8) is 0 Å². The number of hydrogen-bond donors (Lipinski definition) is 1. The highest BCUT2D eigenvalue weighted by Gasteiger charge is 2.08. The highest BCUT2D eigenvalue weighted by atomic mass is 79.9. The van der Waals surface area contributed by atoms with Crippen LogP contribution in [-0.4, -0.2) is 13.1 Å². The summed E-state index contributed by atoms with van der Waals surface area (Å²) in [4.78, 5) is 0. The van der Waals surface area contributed by atoms with E-state index in [2.05, 4.69) is 28.2 Å². The number of furan rings is 1. The summed E-state index contributed by atoms with van der Waals surface area (Å²) >= 11 is 9.46. The van der Waals surface area contributed by atoms with E-state index >= 15 is 0 Å². The Labute approximate surface area is 120 Å². The van der Waals surface area contributed by atoms with Crippen molar-refractivity contribution in [3.05, 3.63) is 45.6 Å². The van der Waals surface area contributed by atoms with Crippen molar-refractivity contribution in [2.45, 2.75) is 19.4 Å². The number of rotatable bonds is 4. The number of halogens is 2. The number of benzene rings is 1. The Morgan fingerprint density at radius 3 is 2.78 bits per heavy atom. The van der Waals surface area contributed by atoms with Gasteiger partial charge in [0.25, 0.3) is 0 Å². The van der Waals surface area contributed by atoms with E-state index in [4.69, 9.17) is 16.0 Å². The van der Waals surface area contributed by atoms with Gasteiger partial charge in [0.2, 0.25) is 0 Å². The zero-order chi connectivity index (χ0) is 13.1. The first-order valence-corrected chi connectivity index (χ1v) is 6.98. The van der Waals surface area contributed by atoms with Gasteiger partial charge in [-0.05, 0) is 54.2 Å². The van der Waals surface area contributed by atoms with Crippen molar-refractivity contribution in [2.75, 3.05) is 7.05 Å². The van der Waals surface area contributed by atoms with E-state index in [0.29, 0.717) is 11.1 Å². The maximum atomic E-state index is 6.08. The van der Waals surface area contributed by atoms with E-state index in [9.17, 15) is 0 Å². The summed E-state index contributed by atoms with van der Waals surface area (Å²) in [5, 5.41) is 3.88. The Hall–Kier alpha value is -0.770. The van der Waals surface area contributed by atoms with Crippen LogP contribution in [0.3, 0.4) is 0 Å². The van der Waals surface area contributed by atoms with E-state index in [1.54, 1.807) is 0 Å². The topological polar surface area (TPSA) is 25.2 Å². The molecule has 0 saturated heterocycles. The average Bonchev–Trinajstić information content (AvgIpc) is 2.81. The monoisotopic (exact) mass is 327 g/mol. The first-order valence-electron chi connectivity index (χ1n) is 5.81. The van der Waals surface area contributed by atoms with E-state index in [1.807, 2.05) is 37.4 Å². The fourth-order valence-electron chi connectivity index (χ4n) is 1.70. The molecule has 1 unspecified atom stereocenters. The van der Waals surface area contributed by atoms with Gasteiger partial charge in [0.15, 0.2) is 0 Å². The van der Waals surface area contributed by atoms with Crippen LogP contribution in [0.15, 0.2) is 39.2 Å². The molecular weight excluding hydrogens is 314 g/mol. The summed E-state index contributed by atoms with van der Waals surface area (Å²) in [5.74, 6) is 1.83. The molecule has 1 aromatic heterocycles. The molecule has 0 saturated carbocycles. The van der Waals surface area contributed by atoms with Gasteiger partial charge >= 0.3 is 0 Å². The summed E-state index contributed by atoms with van der Waals surface area (Å²) in [5.41, 5.74) is 0.992. The molecule has 4 heteroatoms. The highest BCUT2D eigenvalue weighted by Crippen LogP contribution is 2.30. The van der Waals surface area contributed by atoms with Crippen molar-refractivity contribution in [3.8, 4) is 11.3 Å². The lowest BCUT2D eigenvalue weighted by atomic mass is 10.2. The molecule has 1 atom stereocenters. The average molecular weight is 329 g/mol. The molecule has 0 bridgehead atoms. The van der Waals surface area contributed by atoms with Gasteiger partial charge in [0.05, 0.1) is 5.02 Å². The second-order valence-electron chi connectivity index (χ2n) is 4.29. The molecule has 0 fully saturated rings. The van der Waals surface area contributed by atoms with Crippen molar-refractivity contribution in [2.24, 2.45) is 0 Å².